The van der Waals surface area contributed by atoms with E-state index in [2.05, 4.69) is 49.8 Å². The zero-order valence-corrected chi connectivity index (χ0v) is 53.5. The van der Waals surface area contributed by atoms with Crippen molar-refractivity contribution in [3.63, 3.8) is 0 Å². The van der Waals surface area contributed by atoms with Gasteiger partial charge in [-0.3, -0.25) is 24.0 Å². The number of hydrogen-bond donors (Lipinski definition) is 0. The summed E-state index contributed by atoms with van der Waals surface area (Å²) in [6.07, 6.45) is 0. The number of fused-ring (bicyclic) bond motifs is 15. The predicted octanol–water partition coefficient (Wildman–Crippen LogP) is 7.82. The summed E-state index contributed by atoms with van der Waals surface area (Å²) in [7, 11) is 7.36. The van der Waals surface area contributed by atoms with Crippen molar-refractivity contribution in [3.8, 4) is 146 Å². The highest BCUT2D eigenvalue weighted by Crippen LogP contribution is 2.46. The van der Waals surface area contributed by atoms with Crippen LogP contribution in [0, 0.1) is 127 Å². The van der Waals surface area contributed by atoms with Crippen molar-refractivity contribution in [1.82, 2.24) is 49.8 Å². The standard InChI is InChI=1S/2C15H8N4O3.C14H6N4O2.2C14H6N4O/c1-21-11-3-7-8(4-12(11)22-2)15(20)14-13(7)18-9(5-16)10(6-17)19-14;1-21-10-4-3-7-11(15(10)22-2)14(20)13-12(7)18-8(5-16)9(6-17)19-13;1-20-7-2-3-8-9(4-7)12-13(14(8)19)18-11(6-16)10(5-15)17-12;1-7-2-3-8-9(4-7)12-13(14(8)19)18-11(6-16)10(5-15)17-12;1-7-3-2-4-8-11(7)14(19)13-12(8)17-9(5-15)10(6-16)18-13/h2*3-4H,1-2H3;2-4H,1H3;2*2-4H,1H3. The number of carbonyl (C=O) groups is 5. The lowest BCUT2D eigenvalue weighted by Crippen LogP contribution is -2.05. The average molecular weight is 1340 g/mol. The highest BCUT2D eigenvalue weighted by atomic mass is 16.5. The van der Waals surface area contributed by atoms with E-state index in [1.54, 1.807) is 78.9 Å². The molecule has 0 unspecified atom stereocenters. The van der Waals surface area contributed by atoms with Gasteiger partial charge in [0.1, 0.15) is 123 Å². The number of aryl methyl sites for hydroxylation is 2. The van der Waals surface area contributed by atoms with Crippen molar-refractivity contribution in [3.05, 3.63) is 203 Å². The van der Waals surface area contributed by atoms with Gasteiger partial charge in [0.25, 0.3) is 0 Å². The Bertz CT molecular complexity index is 5940. The molecule has 0 bridgehead atoms. The molecule has 5 aliphatic carbocycles. The Morgan fingerprint density at radius 1 is 0.275 bits per heavy atom. The van der Waals surface area contributed by atoms with E-state index in [1.165, 1.54) is 41.6 Å². The maximum Gasteiger partial charge on any atom is 0.218 e. The number of carbonyl (C=O) groups excluding carboxylic acids is 5. The molecule has 5 aromatic carbocycles. The van der Waals surface area contributed by atoms with Crippen LogP contribution in [0.5, 0.6) is 28.7 Å². The van der Waals surface area contributed by atoms with Crippen molar-refractivity contribution in [2.75, 3.05) is 35.5 Å². The number of nitrogens with zero attached hydrogens (tertiary/aromatic N) is 20. The van der Waals surface area contributed by atoms with Crippen LogP contribution >= 0.6 is 0 Å². The zero-order chi connectivity index (χ0) is 73.1. The van der Waals surface area contributed by atoms with Crippen LogP contribution in [0.2, 0.25) is 0 Å². The van der Waals surface area contributed by atoms with E-state index in [0.29, 0.717) is 90.2 Å². The second-order valence-electron chi connectivity index (χ2n) is 21.3. The fraction of sp³-hybridized carbons (Fsp3) is 0.0972. The van der Waals surface area contributed by atoms with Crippen LogP contribution in [0.1, 0.15) is 148 Å². The minimum Gasteiger partial charge on any atom is -0.497 e. The summed E-state index contributed by atoms with van der Waals surface area (Å²) in [5, 5.41) is 89.8. The average Bonchev–Trinajstić information content (AvgIpc) is 1.62. The van der Waals surface area contributed by atoms with Gasteiger partial charge in [-0.2, -0.15) is 52.6 Å². The third-order valence-corrected chi connectivity index (χ3v) is 15.8. The van der Waals surface area contributed by atoms with Gasteiger partial charge in [-0.1, -0.05) is 35.9 Å². The zero-order valence-electron chi connectivity index (χ0n) is 53.5. The van der Waals surface area contributed by atoms with Gasteiger partial charge in [-0.15, -0.1) is 0 Å². The normalized spacial score (nSPS) is 11.3. The minimum atomic E-state index is -0.408. The van der Waals surface area contributed by atoms with E-state index >= 15 is 0 Å². The molecule has 0 saturated carbocycles. The minimum absolute atomic E-state index is 0.0390. The first-order chi connectivity index (χ1) is 49.3. The monoisotopic (exact) mass is 1340 g/mol. The molecule has 10 aromatic rings. The fourth-order valence-corrected chi connectivity index (χ4v) is 11.2. The highest BCUT2D eigenvalue weighted by Gasteiger charge is 2.38. The molecule has 0 N–H and O–H groups in total. The summed E-state index contributed by atoms with van der Waals surface area (Å²) in [6, 6.07) is 40.2. The first-order valence-electron chi connectivity index (χ1n) is 29.1. The van der Waals surface area contributed by atoms with E-state index < -0.39 is 5.78 Å². The Labute approximate surface area is 574 Å². The van der Waals surface area contributed by atoms with E-state index in [1.807, 2.05) is 68.5 Å². The number of aromatic nitrogens is 10. The van der Waals surface area contributed by atoms with Gasteiger partial charge >= 0.3 is 0 Å². The second kappa shape index (κ2) is 27.2. The highest BCUT2D eigenvalue weighted by molar-refractivity contribution is 6.24. The Kier molecular flexibility index (Phi) is 17.9. The Hall–Kier alpha value is -16.3. The SMILES string of the molecule is COc1cc2c(cc1OC)-c1nc(C#N)c(C#N)nc1C2=O.COc1ccc2c(c1)-c1nc(C#N)c(C#N)nc1C2=O.COc1ccc2c(c1OC)C(=O)c1nc(C#N)c(C#N)nc1-2.Cc1ccc2c(c1)-c1nc(C#N)c(C#N)nc1C2=O.Cc1cccc2c1C(=O)c1nc(C#N)c(C#N)nc1-2. The molecule has 102 heavy (non-hydrogen) atoms. The molecule has 0 atom stereocenters. The van der Waals surface area contributed by atoms with E-state index in [9.17, 15) is 24.0 Å². The lowest BCUT2D eigenvalue weighted by molar-refractivity contribution is 0.102. The smallest absolute Gasteiger partial charge is 0.218 e. The molecule has 0 amide bonds. The molecule has 15 rings (SSSR count). The summed E-state index contributed by atoms with van der Waals surface area (Å²) >= 11 is 0. The number of rotatable bonds is 5. The second-order valence-corrected chi connectivity index (χ2v) is 21.3. The van der Waals surface area contributed by atoms with Crippen LogP contribution in [-0.2, 0) is 0 Å². The van der Waals surface area contributed by atoms with Gasteiger partial charge in [0.2, 0.25) is 28.9 Å². The lowest BCUT2D eigenvalue weighted by Gasteiger charge is -2.10. The number of benzene rings is 5. The van der Waals surface area contributed by atoms with Crippen molar-refractivity contribution in [2.45, 2.75) is 13.8 Å². The molecule has 0 spiro atoms. The van der Waals surface area contributed by atoms with Crippen molar-refractivity contribution in [2.24, 2.45) is 0 Å². The molecule has 0 saturated heterocycles. The van der Waals surface area contributed by atoms with Crippen LogP contribution in [0.3, 0.4) is 0 Å². The molecule has 5 aliphatic rings. The molecule has 30 heteroatoms. The van der Waals surface area contributed by atoms with Crippen LogP contribution in [0.25, 0.3) is 56.3 Å². The largest absolute Gasteiger partial charge is 0.497 e. The topological polar surface area (TPSA) is 498 Å². The van der Waals surface area contributed by atoms with Gasteiger partial charge in [-0.25, -0.2) is 49.8 Å². The van der Waals surface area contributed by atoms with Crippen LogP contribution < -0.4 is 23.7 Å². The number of ether oxygens (including phenoxy) is 5. The molecular weight excluding hydrogens is 1300 g/mol. The molecule has 30 nitrogen and oxygen atoms in total. The Balaban J connectivity index is 0.000000128. The van der Waals surface area contributed by atoms with Crippen LogP contribution in [-0.4, -0.2) is 114 Å². The molecule has 0 fully saturated rings. The van der Waals surface area contributed by atoms with Gasteiger partial charge in [0, 0.05) is 50.1 Å². The molecule has 0 aliphatic heterocycles. The number of nitriles is 10. The first kappa shape index (κ1) is 67.2. The van der Waals surface area contributed by atoms with E-state index in [0.717, 1.165) is 11.1 Å². The van der Waals surface area contributed by atoms with Gasteiger partial charge in [0.05, 0.1) is 41.1 Å². The van der Waals surface area contributed by atoms with Crippen molar-refractivity contribution >= 4 is 28.9 Å². The summed E-state index contributed by atoms with van der Waals surface area (Å²) in [5.74, 6) is 0.546. The Morgan fingerprint density at radius 3 is 0.971 bits per heavy atom. The molecule has 0 radical (unpaired) electrons. The van der Waals surface area contributed by atoms with Crippen LogP contribution in [0.4, 0.5) is 0 Å². The maximum atomic E-state index is 12.6. The van der Waals surface area contributed by atoms with Crippen molar-refractivity contribution < 1.29 is 47.7 Å². The first-order valence-corrected chi connectivity index (χ1v) is 29.1. The van der Waals surface area contributed by atoms with Crippen molar-refractivity contribution in [1.29, 1.82) is 52.6 Å². The van der Waals surface area contributed by atoms with Crippen LogP contribution in [0.15, 0.2) is 78.9 Å². The molecule has 482 valence electrons. The summed E-state index contributed by atoms with van der Waals surface area (Å²) in [5.41, 5.74) is 7.91. The van der Waals surface area contributed by atoms with Gasteiger partial charge < -0.3 is 23.7 Å². The number of ketones is 5. The fourth-order valence-electron chi connectivity index (χ4n) is 11.2. The predicted molar refractivity (Wildman–Crippen MR) is 344 cm³/mol. The van der Waals surface area contributed by atoms with Gasteiger partial charge in [0.15, 0.2) is 79.9 Å². The third-order valence-electron chi connectivity index (χ3n) is 15.8. The van der Waals surface area contributed by atoms with Gasteiger partial charge in [-0.05, 0) is 67.9 Å². The molecule has 5 aromatic heterocycles. The Morgan fingerprint density at radius 2 is 0.588 bits per heavy atom. The van der Waals surface area contributed by atoms with E-state index in [-0.39, 0.29) is 131 Å². The number of methoxy groups -OCH3 is 5. The molecular formula is C72H34N20O10. The summed E-state index contributed by atoms with van der Waals surface area (Å²) in [4.78, 5) is 102. The van der Waals surface area contributed by atoms with E-state index in [4.69, 9.17) is 76.3 Å². The maximum absolute atomic E-state index is 12.6. The summed E-state index contributed by atoms with van der Waals surface area (Å²) in [6.45, 7) is 3.74. The number of hydrogen-bond acceptors (Lipinski definition) is 30. The third kappa shape index (κ3) is 11.2. The summed E-state index contributed by atoms with van der Waals surface area (Å²) < 4.78 is 25.9. The molecule has 5 heterocycles. The quantitative estimate of drug-likeness (QED) is 0.158. The lowest BCUT2D eigenvalue weighted by atomic mass is 10.0.